The van der Waals surface area contributed by atoms with Crippen LogP contribution in [0.2, 0.25) is 0 Å². The summed E-state index contributed by atoms with van der Waals surface area (Å²) in [6.07, 6.45) is 1.95. The molecule has 22 heavy (non-hydrogen) atoms. The average molecular weight is 343 g/mol. The molecule has 3 rings (SSSR count). The Morgan fingerprint density at radius 1 is 1.55 bits per heavy atom. The Bertz CT molecular complexity index is 708. The molecule has 2 aromatic rings. The van der Waals surface area contributed by atoms with E-state index in [0.29, 0.717) is 22.6 Å². The van der Waals surface area contributed by atoms with Gasteiger partial charge < -0.3 is 15.2 Å². The van der Waals surface area contributed by atoms with Crippen LogP contribution in [0.5, 0.6) is 0 Å². The molecule has 1 fully saturated rings. The minimum absolute atomic E-state index is 0. The lowest BCUT2D eigenvalue weighted by Crippen LogP contribution is -2.41. The number of H-pyrrole nitrogens is 1. The predicted molar refractivity (Wildman–Crippen MR) is 89.6 cm³/mol. The third kappa shape index (κ3) is 3.48. The molecule has 120 valence electrons. The van der Waals surface area contributed by atoms with Crippen LogP contribution in [0.25, 0.3) is 10.2 Å². The molecule has 0 unspecified atom stereocenters. The second-order valence-corrected chi connectivity index (χ2v) is 6.30. The van der Waals surface area contributed by atoms with Crippen molar-refractivity contribution in [3.8, 4) is 0 Å². The highest BCUT2D eigenvalue weighted by Crippen LogP contribution is 2.16. The average Bonchev–Trinajstić information content (AvgIpc) is 2.96. The number of nitrogens with zero attached hydrogens (tertiary/aromatic N) is 2. The van der Waals surface area contributed by atoms with Crippen molar-refractivity contribution in [2.45, 2.75) is 19.4 Å². The van der Waals surface area contributed by atoms with Gasteiger partial charge in [0.05, 0.1) is 18.0 Å². The molecule has 8 heteroatoms. The molecular weight excluding hydrogens is 324 g/mol. The van der Waals surface area contributed by atoms with Gasteiger partial charge in [0.1, 0.15) is 10.5 Å². The fourth-order valence-corrected chi connectivity index (χ4v) is 3.40. The Kier molecular flexibility index (Phi) is 5.55. The highest BCUT2D eigenvalue weighted by Gasteiger charge is 2.24. The molecule has 6 nitrogen and oxygen atoms in total. The SMILES string of the molecule is CN(Cc1nc2ccsc2c(=O)[nH]1)C(=O)[C@@H]1CCCNC1.Cl. The molecule has 0 bridgehead atoms. The van der Waals surface area contributed by atoms with Gasteiger partial charge in [-0.2, -0.15) is 0 Å². The van der Waals surface area contributed by atoms with Crippen LogP contribution in [0.1, 0.15) is 18.7 Å². The van der Waals surface area contributed by atoms with Gasteiger partial charge >= 0.3 is 0 Å². The lowest BCUT2D eigenvalue weighted by Gasteiger charge is -2.26. The fraction of sp³-hybridized carbons (Fsp3) is 0.500. The van der Waals surface area contributed by atoms with E-state index in [4.69, 9.17) is 0 Å². The third-order valence-corrected chi connectivity index (χ3v) is 4.68. The summed E-state index contributed by atoms with van der Waals surface area (Å²) in [6.45, 7) is 2.05. The minimum Gasteiger partial charge on any atom is -0.338 e. The lowest BCUT2D eigenvalue weighted by molar-refractivity contribution is -0.135. The Hall–Kier alpha value is -1.44. The zero-order valence-electron chi connectivity index (χ0n) is 12.3. The number of aromatic amines is 1. The molecule has 0 saturated carbocycles. The van der Waals surface area contributed by atoms with Crippen molar-refractivity contribution in [3.05, 3.63) is 27.6 Å². The summed E-state index contributed by atoms with van der Waals surface area (Å²) in [6, 6.07) is 1.83. The zero-order valence-corrected chi connectivity index (χ0v) is 13.9. The number of halogens is 1. The van der Waals surface area contributed by atoms with Gasteiger partial charge in [-0.05, 0) is 30.8 Å². The van der Waals surface area contributed by atoms with Gasteiger partial charge in [-0.15, -0.1) is 23.7 Å². The number of carbonyl (C=O) groups is 1. The Balaban J connectivity index is 0.00000176. The molecule has 1 aliphatic heterocycles. The van der Waals surface area contributed by atoms with E-state index in [9.17, 15) is 9.59 Å². The maximum atomic E-state index is 12.4. The van der Waals surface area contributed by atoms with Gasteiger partial charge in [0, 0.05) is 13.6 Å². The fourth-order valence-electron chi connectivity index (χ4n) is 2.67. The van der Waals surface area contributed by atoms with E-state index < -0.39 is 0 Å². The van der Waals surface area contributed by atoms with E-state index in [1.54, 1.807) is 11.9 Å². The molecule has 2 N–H and O–H groups in total. The minimum atomic E-state index is -0.134. The van der Waals surface area contributed by atoms with E-state index in [-0.39, 0.29) is 29.8 Å². The van der Waals surface area contributed by atoms with Crippen molar-refractivity contribution in [2.24, 2.45) is 5.92 Å². The van der Waals surface area contributed by atoms with Crippen molar-refractivity contribution in [2.75, 3.05) is 20.1 Å². The molecular formula is C14H19ClN4O2S. The number of piperidine rings is 1. The summed E-state index contributed by atoms with van der Waals surface area (Å²) in [5.74, 6) is 0.668. The third-order valence-electron chi connectivity index (χ3n) is 3.77. The number of amides is 1. The predicted octanol–water partition coefficient (Wildman–Crippen LogP) is 1.36. The van der Waals surface area contributed by atoms with Crippen molar-refractivity contribution < 1.29 is 4.79 Å². The molecule has 1 saturated heterocycles. The smallest absolute Gasteiger partial charge is 0.268 e. The van der Waals surface area contributed by atoms with Crippen molar-refractivity contribution >= 4 is 39.9 Å². The number of thiophene rings is 1. The monoisotopic (exact) mass is 342 g/mol. The molecule has 1 amide bonds. The standard InChI is InChI=1S/C14H18N4O2S.ClH/c1-18(14(20)9-3-2-5-15-7-9)8-11-16-10-4-6-21-12(10)13(19)17-11;/h4,6,9,15H,2-3,5,7-8H2,1H3,(H,16,17,19);1H/t9-;/m1./s1. The first-order valence-electron chi connectivity index (χ1n) is 7.07. The summed E-state index contributed by atoms with van der Waals surface area (Å²) < 4.78 is 0.629. The number of rotatable bonds is 3. The van der Waals surface area contributed by atoms with Gasteiger partial charge in [0.25, 0.3) is 5.56 Å². The zero-order chi connectivity index (χ0) is 14.8. The van der Waals surface area contributed by atoms with Crippen LogP contribution in [0.15, 0.2) is 16.2 Å². The van der Waals surface area contributed by atoms with Crippen molar-refractivity contribution in [1.82, 2.24) is 20.2 Å². The van der Waals surface area contributed by atoms with Crippen LogP contribution in [-0.2, 0) is 11.3 Å². The highest BCUT2D eigenvalue weighted by molar-refractivity contribution is 7.17. The normalized spacial score (nSPS) is 18.0. The topological polar surface area (TPSA) is 78.1 Å². The molecule has 0 aromatic carbocycles. The largest absolute Gasteiger partial charge is 0.338 e. The molecule has 1 atom stereocenters. The first-order valence-corrected chi connectivity index (χ1v) is 7.95. The summed E-state index contributed by atoms with van der Waals surface area (Å²) in [4.78, 5) is 33.1. The van der Waals surface area contributed by atoms with Gasteiger partial charge in [-0.3, -0.25) is 9.59 Å². The van der Waals surface area contributed by atoms with Gasteiger partial charge in [0.15, 0.2) is 0 Å². The summed E-state index contributed by atoms with van der Waals surface area (Å²) >= 11 is 1.38. The maximum absolute atomic E-state index is 12.4. The number of aromatic nitrogens is 2. The lowest BCUT2D eigenvalue weighted by atomic mass is 9.98. The van der Waals surface area contributed by atoms with Crippen LogP contribution in [0.4, 0.5) is 0 Å². The van der Waals surface area contributed by atoms with Gasteiger partial charge in [-0.25, -0.2) is 4.98 Å². The molecule has 3 heterocycles. The quantitative estimate of drug-likeness (QED) is 0.883. The summed E-state index contributed by atoms with van der Waals surface area (Å²) in [7, 11) is 1.76. The molecule has 0 aliphatic carbocycles. The molecule has 0 spiro atoms. The van der Waals surface area contributed by atoms with Crippen LogP contribution in [0.3, 0.4) is 0 Å². The summed E-state index contributed by atoms with van der Waals surface area (Å²) in [5, 5.41) is 5.09. The number of hydrogen-bond acceptors (Lipinski definition) is 5. The van der Waals surface area contributed by atoms with Crippen LogP contribution < -0.4 is 10.9 Å². The second-order valence-electron chi connectivity index (χ2n) is 5.39. The van der Waals surface area contributed by atoms with Crippen LogP contribution >= 0.6 is 23.7 Å². The Morgan fingerprint density at radius 2 is 2.36 bits per heavy atom. The van der Waals surface area contributed by atoms with Crippen LogP contribution in [0, 0.1) is 5.92 Å². The Labute approximate surface area is 138 Å². The molecule has 2 aromatic heterocycles. The number of fused-ring (bicyclic) bond motifs is 1. The highest BCUT2D eigenvalue weighted by atomic mass is 35.5. The van der Waals surface area contributed by atoms with Crippen molar-refractivity contribution in [3.63, 3.8) is 0 Å². The van der Waals surface area contributed by atoms with E-state index in [2.05, 4.69) is 15.3 Å². The van der Waals surface area contributed by atoms with Crippen molar-refractivity contribution in [1.29, 1.82) is 0 Å². The Morgan fingerprint density at radius 3 is 3.09 bits per heavy atom. The molecule has 1 aliphatic rings. The van der Waals surface area contributed by atoms with E-state index in [1.807, 2.05) is 11.4 Å². The number of hydrogen-bond donors (Lipinski definition) is 2. The molecule has 0 radical (unpaired) electrons. The first-order chi connectivity index (χ1) is 10.1. The number of nitrogens with one attached hydrogen (secondary N) is 2. The number of carbonyl (C=O) groups excluding carboxylic acids is 1. The second kappa shape index (κ2) is 7.21. The van der Waals surface area contributed by atoms with Gasteiger partial charge in [-0.1, -0.05) is 0 Å². The van der Waals surface area contributed by atoms with E-state index >= 15 is 0 Å². The van der Waals surface area contributed by atoms with E-state index in [0.717, 1.165) is 25.9 Å². The first kappa shape index (κ1) is 16.9. The van der Waals surface area contributed by atoms with E-state index in [1.165, 1.54) is 11.3 Å². The van der Waals surface area contributed by atoms with Gasteiger partial charge in [0.2, 0.25) is 5.91 Å². The maximum Gasteiger partial charge on any atom is 0.268 e. The van der Waals surface area contributed by atoms with Crippen LogP contribution in [-0.4, -0.2) is 40.9 Å². The summed E-state index contributed by atoms with van der Waals surface area (Å²) in [5.41, 5.74) is 0.559.